The fraction of sp³-hybridized carbons (Fsp3) is 0.600. The highest BCUT2D eigenvalue weighted by molar-refractivity contribution is 5.94. The Morgan fingerprint density at radius 3 is 2.79 bits per heavy atom. The number of rotatable bonds is 10. The van der Waals surface area contributed by atoms with Gasteiger partial charge in [0, 0.05) is 44.8 Å². The third-order valence-electron chi connectivity index (χ3n) is 4.49. The van der Waals surface area contributed by atoms with Crippen LogP contribution in [0, 0.1) is 5.92 Å². The summed E-state index contributed by atoms with van der Waals surface area (Å²) in [5.41, 5.74) is 0.518. The number of aliphatic imine (C=N–C) groups is 1. The number of amides is 1. The first-order valence-electron chi connectivity index (χ1n) is 9.81. The molecule has 1 saturated heterocycles. The first-order chi connectivity index (χ1) is 13.6. The minimum Gasteiger partial charge on any atom is -0.508 e. The van der Waals surface area contributed by atoms with Gasteiger partial charge >= 0.3 is 0 Å². The Labute approximate surface area is 166 Å². The number of carbonyl (C=O) groups excluding carboxylic acids is 1. The van der Waals surface area contributed by atoms with Crippen molar-refractivity contribution >= 4 is 11.9 Å². The summed E-state index contributed by atoms with van der Waals surface area (Å²) in [5.74, 6) is 1.34. The van der Waals surface area contributed by atoms with E-state index < -0.39 is 0 Å². The van der Waals surface area contributed by atoms with Gasteiger partial charge in [0.2, 0.25) is 0 Å². The molecule has 1 fully saturated rings. The highest BCUT2D eigenvalue weighted by Crippen LogP contribution is 2.16. The van der Waals surface area contributed by atoms with Crippen molar-refractivity contribution < 1.29 is 19.4 Å². The zero-order chi connectivity index (χ0) is 20.2. The lowest BCUT2D eigenvalue weighted by atomic mass is 10.1. The van der Waals surface area contributed by atoms with Gasteiger partial charge in [-0.25, -0.2) is 0 Å². The van der Waals surface area contributed by atoms with E-state index in [2.05, 4.69) is 20.5 Å². The molecule has 0 aliphatic carbocycles. The molecule has 2 rings (SSSR count). The summed E-state index contributed by atoms with van der Waals surface area (Å²) >= 11 is 0. The molecule has 0 radical (unpaired) electrons. The maximum atomic E-state index is 12.1. The van der Waals surface area contributed by atoms with Gasteiger partial charge in [-0.1, -0.05) is 0 Å². The molecule has 28 heavy (non-hydrogen) atoms. The first kappa shape index (κ1) is 22.0. The number of nitrogens with one attached hydrogen (secondary N) is 2. The topological polar surface area (TPSA) is 95.4 Å². The molecule has 0 aromatic heterocycles. The van der Waals surface area contributed by atoms with Crippen molar-refractivity contribution in [2.75, 3.05) is 59.7 Å². The predicted octanol–water partition coefficient (Wildman–Crippen LogP) is 1.07. The molecule has 0 spiro atoms. The lowest BCUT2D eigenvalue weighted by Gasteiger charge is -2.21. The maximum absolute atomic E-state index is 12.1. The molecule has 156 valence electrons. The van der Waals surface area contributed by atoms with Crippen LogP contribution in [0.1, 0.15) is 23.7 Å². The second kappa shape index (κ2) is 12.2. The van der Waals surface area contributed by atoms with E-state index in [9.17, 15) is 9.90 Å². The standard InChI is InChI=1S/C20H32N4O4/c1-3-21-20(24-11-8-16(14-24)15-28-13-12-27-2)23-10-9-22-19(26)17-4-6-18(25)7-5-17/h4-7,16,25H,3,8-15H2,1-2H3,(H,21,23)(H,22,26). The number of phenols is 1. The normalized spacial score (nSPS) is 17.0. The molecule has 1 heterocycles. The smallest absolute Gasteiger partial charge is 0.251 e. The van der Waals surface area contributed by atoms with Crippen molar-refractivity contribution in [1.29, 1.82) is 0 Å². The maximum Gasteiger partial charge on any atom is 0.251 e. The zero-order valence-electron chi connectivity index (χ0n) is 16.8. The van der Waals surface area contributed by atoms with Gasteiger partial charge in [0.1, 0.15) is 5.75 Å². The van der Waals surface area contributed by atoms with Gasteiger partial charge < -0.3 is 30.1 Å². The minimum absolute atomic E-state index is 0.143. The zero-order valence-corrected chi connectivity index (χ0v) is 16.8. The molecule has 3 N–H and O–H groups in total. The summed E-state index contributed by atoms with van der Waals surface area (Å²) in [5, 5.41) is 15.5. The van der Waals surface area contributed by atoms with Crippen LogP contribution in [0.2, 0.25) is 0 Å². The number of benzene rings is 1. The first-order valence-corrected chi connectivity index (χ1v) is 9.81. The summed E-state index contributed by atoms with van der Waals surface area (Å²) in [6.45, 7) is 7.64. The number of hydrogen-bond acceptors (Lipinski definition) is 5. The number of likely N-dealkylation sites (tertiary alicyclic amines) is 1. The monoisotopic (exact) mass is 392 g/mol. The minimum atomic E-state index is -0.172. The van der Waals surface area contributed by atoms with Gasteiger partial charge in [0.05, 0.1) is 26.4 Å². The van der Waals surface area contributed by atoms with Gasteiger partial charge in [-0.3, -0.25) is 9.79 Å². The SMILES string of the molecule is CCNC(=NCCNC(=O)c1ccc(O)cc1)N1CCC(COCCOC)C1. The Morgan fingerprint density at radius 1 is 1.29 bits per heavy atom. The Hall–Kier alpha value is -2.32. The lowest BCUT2D eigenvalue weighted by molar-refractivity contribution is 0.0536. The van der Waals surface area contributed by atoms with E-state index >= 15 is 0 Å². The molecule has 1 amide bonds. The number of ether oxygens (including phenoxy) is 2. The van der Waals surface area contributed by atoms with Gasteiger partial charge in [-0.05, 0) is 37.6 Å². The van der Waals surface area contributed by atoms with Crippen LogP contribution in [0.4, 0.5) is 0 Å². The summed E-state index contributed by atoms with van der Waals surface area (Å²) < 4.78 is 10.6. The number of phenolic OH excluding ortho intramolecular Hbond substituents is 1. The molecular weight excluding hydrogens is 360 g/mol. The van der Waals surface area contributed by atoms with E-state index in [0.29, 0.717) is 37.8 Å². The van der Waals surface area contributed by atoms with Crippen molar-refractivity contribution in [1.82, 2.24) is 15.5 Å². The van der Waals surface area contributed by atoms with Crippen LogP contribution in [0.25, 0.3) is 0 Å². The molecule has 1 aliphatic heterocycles. The number of nitrogens with zero attached hydrogens (tertiary/aromatic N) is 2. The van der Waals surface area contributed by atoms with Gasteiger partial charge in [-0.15, -0.1) is 0 Å². The Morgan fingerprint density at radius 2 is 2.07 bits per heavy atom. The van der Waals surface area contributed by atoms with Crippen LogP contribution in [-0.4, -0.2) is 81.5 Å². The highest BCUT2D eigenvalue weighted by atomic mass is 16.5. The van der Waals surface area contributed by atoms with Crippen molar-refractivity contribution in [3.05, 3.63) is 29.8 Å². The average Bonchev–Trinajstić information content (AvgIpc) is 3.17. The van der Waals surface area contributed by atoms with E-state index in [1.54, 1.807) is 19.2 Å². The fourth-order valence-electron chi connectivity index (χ4n) is 3.03. The molecule has 8 nitrogen and oxygen atoms in total. The van der Waals surface area contributed by atoms with Crippen molar-refractivity contribution in [2.45, 2.75) is 13.3 Å². The van der Waals surface area contributed by atoms with Gasteiger partial charge in [-0.2, -0.15) is 0 Å². The van der Waals surface area contributed by atoms with Crippen LogP contribution in [0.5, 0.6) is 5.75 Å². The number of methoxy groups -OCH3 is 1. The summed E-state index contributed by atoms with van der Waals surface area (Å²) in [7, 11) is 1.67. The van der Waals surface area contributed by atoms with Crippen LogP contribution in [0.15, 0.2) is 29.3 Å². The molecule has 1 aliphatic rings. The number of carbonyl (C=O) groups is 1. The highest BCUT2D eigenvalue weighted by Gasteiger charge is 2.24. The van der Waals surface area contributed by atoms with Gasteiger partial charge in [0.25, 0.3) is 5.91 Å². The summed E-state index contributed by atoms with van der Waals surface area (Å²) in [6.07, 6.45) is 1.08. The molecule has 0 saturated carbocycles. The predicted molar refractivity (Wildman–Crippen MR) is 109 cm³/mol. The molecule has 1 atom stereocenters. The molecule has 0 bridgehead atoms. The van der Waals surface area contributed by atoms with Crippen LogP contribution in [0.3, 0.4) is 0 Å². The van der Waals surface area contributed by atoms with E-state index in [4.69, 9.17) is 9.47 Å². The van der Waals surface area contributed by atoms with E-state index in [-0.39, 0.29) is 11.7 Å². The van der Waals surface area contributed by atoms with Crippen molar-refractivity contribution in [3.8, 4) is 5.75 Å². The second-order valence-electron chi connectivity index (χ2n) is 6.71. The van der Waals surface area contributed by atoms with Crippen LogP contribution < -0.4 is 10.6 Å². The Bertz CT molecular complexity index is 621. The lowest BCUT2D eigenvalue weighted by Crippen LogP contribution is -2.41. The van der Waals surface area contributed by atoms with E-state index in [1.807, 2.05) is 6.92 Å². The Kier molecular flexibility index (Phi) is 9.57. The van der Waals surface area contributed by atoms with E-state index in [0.717, 1.165) is 38.6 Å². The largest absolute Gasteiger partial charge is 0.508 e. The molecular formula is C20H32N4O4. The summed E-state index contributed by atoms with van der Waals surface area (Å²) in [6, 6.07) is 6.19. The molecule has 8 heteroatoms. The quantitative estimate of drug-likeness (QED) is 0.313. The second-order valence-corrected chi connectivity index (χ2v) is 6.71. The number of aromatic hydroxyl groups is 1. The summed E-state index contributed by atoms with van der Waals surface area (Å²) in [4.78, 5) is 19.0. The third kappa shape index (κ3) is 7.36. The molecule has 1 unspecified atom stereocenters. The van der Waals surface area contributed by atoms with Crippen LogP contribution in [-0.2, 0) is 9.47 Å². The molecule has 1 aromatic carbocycles. The third-order valence-corrected chi connectivity index (χ3v) is 4.49. The number of hydrogen-bond donors (Lipinski definition) is 3. The number of guanidine groups is 1. The van der Waals surface area contributed by atoms with Crippen molar-refractivity contribution in [3.63, 3.8) is 0 Å². The van der Waals surface area contributed by atoms with Crippen molar-refractivity contribution in [2.24, 2.45) is 10.9 Å². The fourth-order valence-corrected chi connectivity index (χ4v) is 3.03. The van der Waals surface area contributed by atoms with Crippen LogP contribution >= 0.6 is 0 Å². The molecule has 1 aromatic rings. The van der Waals surface area contributed by atoms with Gasteiger partial charge in [0.15, 0.2) is 5.96 Å². The van der Waals surface area contributed by atoms with E-state index in [1.165, 1.54) is 12.1 Å². The Balaban J connectivity index is 1.75. The average molecular weight is 393 g/mol.